The first-order valence-corrected chi connectivity index (χ1v) is 7.77. The minimum absolute atomic E-state index is 0.0214. The average molecular weight is 297 g/mol. The molecule has 0 aromatic heterocycles. The third kappa shape index (κ3) is 3.31. The van der Waals surface area contributed by atoms with Crippen molar-refractivity contribution in [3.05, 3.63) is 0 Å². The highest BCUT2D eigenvalue weighted by Crippen LogP contribution is 2.37. The van der Waals surface area contributed by atoms with E-state index in [-0.39, 0.29) is 24.0 Å². The van der Waals surface area contributed by atoms with Crippen molar-refractivity contribution in [2.75, 3.05) is 34.2 Å². The second kappa shape index (κ2) is 6.22. The SMILES string of the molecule is CN(CC1(N(C)C)CCC1)C(=O)N1CCCC1CC(=O)O. The van der Waals surface area contributed by atoms with Gasteiger partial charge < -0.3 is 19.8 Å². The van der Waals surface area contributed by atoms with Crippen molar-refractivity contribution >= 4 is 12.0 Å². The van der Waals surface area contributed by atoms with Crippen molar-refractivity contribution in [3.8, 4) is 0 Å². The second-order valence-electron chi connectivity index (χ2n) is 6.70. The van der Waals surface area contributed by atoms with Crippen molar-refractivity contribution in [2.24, 2.45) is 0 Å². The Labute approximate surface area is 126 Å². The molecule has 1 saturated heterocycles. The van der Waals surface area contributed by atoms with E-state index in [1.807, 2.05) is 7.05 Å². The van der Waals surface area contributed by atoms with Crippen LogP contribution in [0.25, 0.3) is 0 Å². The van der Waals surface area contributed by atoms with Gasteiger partial charge >= 0.3 is 12.0 Å². The zero-order chi connectivity index (χ0) is 15.6. The fraction of sp³-hybridized carbons (Fsp3) is 0.867. The van der Waals surface area contributed by atoms with Gasteiger partial charge in [0.1, 0.15) is 0 Å². The van der Waals surface area contributed by atoms with Gasteiger partial charge in [0.25, 0.3) is 0 Å². The van der Waals surface area contributed by atoms with Crippen LogP contribution in [-0.2, 0) is 4.79 Å². The topological polar surface area (TPSA) is 64.1 Å². The van der Waals surface area contributed by atoms with Crippen LogP contribution in [0.3, 0.4) is 0 Å². The first-order valence-electron chi connectivity index (χ1n) is 7.77. The van der Waals surface area contributed by atoms with Crippen molar-refractivity contribution in [1.29, 1.82) is 0 Å². The van der Waals surface area contributed by atoms with E-state index in [1.54, 1.807) is 9.80 Å². The molecule has 1 N–H and O–H groups in total. The highest BCUT2D eigenvalue weighted by molar-refractivity contribution is 5.76. The number of likely N-dealkylation sites (N-methyl/N-ethyl adjacent to an activating group) is 2. The van der Waals surface area contributed by atoms with Crippen LogP contribution in [-0.4, -0.2) is 77.6 Å². The normalized spacial score (nSPS) is 24.0. The predicted octanol–water partition coefficient (Wildman–Crippen LogP) is 1.46. The van der Waals surface area contributed by atoms with Gasteiger partial charge in [-0.15, -0.1) is 0 Å². The summed E-state index contributed by atoms with van der Waals surface area (Å²) < 4.78 is 0. The van der Waals surface area contributed by atoms with Gasteiger partial charge in [0.2, 0.25) is 0 Å². The van der Waals surface area contributed by atoms with E-state index in [1.165, 1.54) is 6.42 Å². The zero-order valence-corrected chi connectivity index (χ0v) is 13.3. The molecule has 1 unspecified atom stereocenters. The fourth-order valence-electron chi connectivity index (χ4n) is 3.56. The molecular formula is C15H27N3O3. The molecule has 120 valence electrons. The molecule has 1 aliphatic carbocycles. The Morgan fingerprint density at radius 1 is 1.24 bits per heavy atom. The van der Waals surface area contributed by atoms with Crippen molar-refractivity contribution in [3.63, 3.8) is 0 Å². The molecule has 6 heteroatoms. The molecule has 1 aliphatic heterocycles. The van der Waals surface area contributed by atoms with Crippen molar-refractivity contribution in [1.82, 2.24) is 14.7 Å². The molecule has 1 heterocycles. The highest BCUT2D eigenvalue weighted by atomic mass is 16.4. The molecule has 1 saturated carbocycles. The van der Waals surface area contributed by atoms with Gasteiger partial charge in [0.05, 0.1) is 6.42 Å². The summed E-state index contributed by atoms with van der Waals surface area (Å²) >= 11 is 0. The Kier molecular flexibility index (Phi) is 4.76. The van der Waals surface area contributed by atoms with Gasteiger partial charge in [0.15, 0.2) is 0 Å². The summed E-state index contributed by atoms with van der Waals surface area (Å²) in [5, 5.41) is 8.96. The number of aliphatic carboxylic acids is 1. The highest BCUT2D eigenvalue weighted by Gasteiger charge is 2.42. The van der Waals surface area contributed by atoms with Crippen LogP contribution >= 0.6 is 0 Å². The molecule has 0 radical (unpaired) electrons. The minimum Gasteiger partial charge on any atom is -0.481 e. The number of hydrogen-bond donors (Lipinski definition) is 1. The summed E-state index contributed by atoms with van der Waals surface area (Å²) in [5.41, 5.74) is 0.104. The Balaban J connectivity index is 1.97. The molecule has 2 rings (SSSR count). The lowest BCUT2D eigenvalue weighted by molar-refractivity contribution is -0.138. The summed E-state index contributed by atoms with van der Waals surface area (Å²) in [5.74, 6) is -0.828. The van der Waals surface area contributed by atoms with E-state index in [0.29, 0.717) is 6.54 Å². The number of carboxylic acid groups (broad SMARTS) is 1. The monoisotopic (exact) mass is 297 g/mol. The van der Waals surface area contributed by atoms with Crippen LogP contribution < -0.4 is 0 Å². The molecule has 0 spiro atoms. The van der Waals surface area contributed by atoms with E-state index in [0.717, 1.165) is 32.2 Å². The molecule has 2 amide bonds. The third-order valence-electron chi connectivity index (χ3n) is 5.12. The number of carbonyl (C=O) groups excluding carboxylic acids is 1. The van der Waals surface area contributed by atoms with Crippen LogP contribution in [0.2, 0.25) is 0 Å². The molecule has 0 aromatic carbocycles. The summed E-state index contributed by atoms with van der Waals surface area (Å²) in [6, 6.07) is -0.166. The third-order valence-corrected chi connectivity index (χ3v) is 5.12. The summed E-state index contributed by atoms with van der Waals surface area (Å²) in [7, 11) is 5.98. The van der Waals surface area contributed by atoms with Gasteiger partial charge in [-0.25, -0.2) is 4.79 Å². The molecule has 21 heavy (non-hydrogen) atoms. The smallest absolute Gasteiger partial charge is 0.320 e. The number of urea groups is 1. The van der Waals surface area contributed by atoms with Gasteiger partial charge in [-0.05, 0) is 46.2 Å². The Morgan fingerprint density at radius 3 is 2.38 bits per heavy atom. The summed E-state index contributed by atoms with van der Waals surface area (Å²) in [4.78, 5) is 29.3. The first kappa shape index (κ1) is 16.1. The molecule has 0 bridgehead atoms. The van der Waals surface area contributed by atoms with Gasteiger partial charge in [0, 0.05) is 31.7 Å². The molecule has 1 atom stereocenters. The van der Waals surface area contributed by atoms with Crippen molar-refractivity contribution < 1.29 is 14.7 Å². The Hall–Kier alpha value is -1.30. The number of carbonyl (C=O) groups is 2. The van der Waals surface area contributed by atoms with E-state index >= 15 is 0 Å². The maximum atomic E-state index is 12.6. The van der Waals surface area contributed by atoms with E-state index in [4.69, 9.17) is 5.11 Å². The van der Waals surface area contributed by atoms with Crippen LogP contribution in [0.15, 0.2) is 0 Å². The van der Waals surface area contributed by atoms with Crippen LogP contribution in [0.1, 0.15) is 38.5 Å². The first-order chi connectivity index (χ1) is 9.85. The molecule has 2 fully saturated rings. The Bertz CT molecular complexity index is 407. The van der Waals surface area contributed by atoms with E-state index in [9.17, 15) is 9.59 Å². The number of amides is 2. The molecular weight excluding hydrogens is 270 g/mol. The number of nitrogens with zero attached hydrogens (tertiary/aromatic N) is 3. The minimum atomic E-state index is -0.828. The summed E-state index contributed by atoms with van der Waals surface area (Å²) in [6.07, 6.45) is 5.21. The van der Waals surface area contributed by atoms with Crippen LogP contribution in [0.5, 0.6) is 0 Å². The van der Waals surface area contributed by atoms with Gasteiger partial charge in [-0.3, -0.25) is 4.79 Å². The summed E-state index contributed by atoms with van der Waals surface area (Å²) in [6.45, 7) is 1.39. The van der Waals surface area contributed by atoms with Crippen LogP contribution in [0, 0.1) is 0 Å². The lowest BCUT2D eigenvalue weighted by Crippen LogP contribution is -2.59. The van der Waals surface area contributed by atoms with Gasteiger partial charge in [-0.1, -0.05) is 0 Å². The molecule has 0 aromatic rings. The quantitative estimate of drug-likeness (QED) is 0.834. The zero-order valence-electron chi connectivity index (χ0n) is 13.3. The maximum absolute atomic E-state index is 12.6. The number of likely N-dealkylation sites (tertiary alicyclic amines) is 1. The lowest BCUT2D eigenvalue weighted by Gasteiger charge is -2.49. The van der Waals surface area contributed by atoms with Crippen LogP contribution in [0.4, 0.5) is 4.79 Å². The number of rotatable bonds is 5. The van der Waals surface area contributed by atoms with E-state index in [2.05, 4.69) is 19.0 Å². The maximum Gasteiger partial charge on any atom is 0.320 e. The number of carboxylic acids is 1. The Morgan fingerprint density at radius 2 is 1.90 bits per heavy atom. The van der Waals surface area contributed by atoms with Gasteiger partial charge in [-0.2, -0.15) is 0 Å². The number of hydrogen-bond acceptors (Lipinski definition) is 3. The average Bonchev–Trinajstić information content (AvgIpc) is 2.79. The van der Waals surface area contributed by atoms with E-state index < -0.39 is 5.97 Å². The molecule has 6 nitrogen and oxygen atoms in total. The van der Waals surface area contributed by atoms with Crippen molar-refractivity contribution in [2.45, 2.75) is 50.1 Å². The second-order valence-corrected chi connectivity index (χ2v) is 6.70. The standard InChI is InChI=1S/C15H27N3O3/c1-16(2)15(7-5-8-15)11-17(3)14(21)18-9-4-6-12(18)10-13(19)20/h12H,4-11H2,1-3H3,(H,19,20). The molecule has 2 aliphatic rings. The largest absolute Gasteiger partial charge is 0.481 e. The fourth-order valence-corrected chi connectivity index (χ4v) is 3.56. The predicted molar refractivity (Wildman–Crippen MR) is 80.3 cm³/mol. The lowest BCUT2D eigenvalue weighted by atomic mass is 9.75.